The molecular formula is C27H22N2O4. The number of hydrogen-bond acceptors (Lipinski definition) is 4. The van der Waals surface area contributed by atoms with E-state index in [2.05, 4.69) is 10.6 Å². The van der Waals surface area contributed by atoms with Crippen LogP contribution >= 0.6 is 0 Å². The van der Waals surface area contributed by atoms with E-state index in [-0.39, 0.29) is 11.8 Å². The molecule has 0 aliphatic rings. The number of ether oxygens (including phenoxy) is 2. The van der Waals surface area contributed by atoms with Gasteiger partial charge >= 0.3 is 0 Å². The third kappa shape index (κ3) is 5.37. The van der Waals surface area contributed by atoms with Crippen LogP contribution in [0.5, 0.6) is 17.2 Å². The molecule has 0 saturated heterocycles. The second-order valence-corrected chi connectivity index (χ2v) is 7.10. The van der Waals surface area contributed by atoms with E-state index in [9.17, 15) is 9.59 Å². The van der Waals surface area contributed by atoms with Gasteiger partial charge in [0.15, 0.2) is 0 Å². The van der Waals surface area contributed by atoms with Crippen molar-refractivity contribution in [3.8, 4) is 17.2 Å². The van der Waals surface area contributed by atoms with Crippen LogP contribution < -0.4 is 20.1 Å². The van der Waals surface area contributed by atoms with Crippen LogP contribution in [0.25, 0.3) is 0 Å². The highest BCUT2D eigenvalue weighted by Gasteiger charge is 2.14. The lowest BCUT2D eigenvalue weighted by atomic mass is 10.1. The molecule has 164 valence electrons. The van der Waals surface area contributed by atoms with Crippen LogP contribution in [-0.2, 0) is 0 Å². The van der Waals surface area contributed by atoms with Gasteiger partial charge in [0, 0.05) is 11.3 Å². The Balaban J connectivity index is 1.44. The van der Waals surface area contributed by atoms with Crippen molar-refractivity contribution in [3.05, 3.63) is 114 Å². The first-order chi connectivity index (χ1) is 16.1. The maximum Gasteiger partial charge on any atom is 0.259 e. The highest BCUT2D eigenvalue weighted by molar-refractivity contribution is 6.07. The molecule has 4 aromatic carbocycles. The Hall–Kier alpha value is -4.58. The molecule has 6 heteroatoms. The number of para-hydroxylation sites is 4. The van der Waals surface area contributed by atoms with Crippen molar-refractivity contribution >= 4 is 23.2 Å². The van der Waals surface area contributed by atoms with E-state index >= 15 is 0 Å². The molecule has 0 bridgehead atoms. The van der Waals surface area contributed by atoms with Gasteiger partial charge in [-0.1, -0.05) is 42.5 Å². The van der Waals surface area contributed by atoms with Crippen molar-refractivity contribution in [3.63, 3.8) is 0 Å². The molecule has 33 heavy (non-hydrogen) atoms. The van der Waals surface area contributed by atoms with Gasteiger partial charge in [-0.25, -0.2) is 0 Å². The van der Waals surface area contributed by atoms with Crippen molar-refractivity contribution in [2.45, 2.75) is 0 Å². The molecular weight excluding hydrogens is 416 g/mol. The topological polar surface area (TPSA) is 76.7 Å². The SMILES string of the molecule is COc1ccccc1NC(=O)c1ccc(NC(=O)c2ccccc2Oc2ccccc2)cc1. The van der Waals surface area contributed by atoms with Gasteiger partial charge in [0.25, 0.3) is 11.8 Å². The summed E-state index contributed by atoms with van der Waals surface area (Å²) in [6.07, 6.45) is 0. The van der Waals surface area contributed by atoms with Gasteiger partial charge < -0.3 is 20.1 Å². The molecule has 0 unspecified atom stereocenters. The molecule has 0 radical (unpaired) electrons. The van der Waals surface area contributed by atoms with E-state index in [1.165, 1.54) is 0 Å². The third-order valence-corrected chi connectivity index (χ3v) is 4.86. The first-order valence-electron chi connectivity index (χ1n) is 10.3. The van der Waals surface area contributed by atoms with Gasteiger partial charge in [0.1, 0.15) is 17.2 Å². The number of benzene rings is 4. The summed E-state index contributed by atoms with van der Waals surface area (Å²) in [5.74, 6) is 1.08. The zero-order valence-corrected chi connectivity index (χ0v) is 17.9. The van der Waals surface area contributed by atoms with E-state index in [1.807, 2.05) is 48.5 Å². The molecule has 0 saturated carbocycles. The summed E-state index contributed by atoms with van der Waals surface area (Å²) in [5, 5.41) is 5.67. The molecule has 0 fully saturated rings. The summed E-state index contributed by atoms with van der Waals surface area (Å²) in [4.78, 5) is 25.5. The van der Waals surface area contributed by atoms with E-state index in [0.29, 0.717) is 39.8 Å². The number of amides is 2. The van der Waals surface area contributed by atoms with Crippen LogP contribution in [0.1, 0.15) is 20.7 Å². The molecule has 4 aromatic rings. The molecule has 6 nitrogen and oxygen atoms in total. The number of hydrogen-bond donors (Lipinski definition) is 2. The first kappa shape index (κ1) is 21.6. The van der Waals surface area contributed by atoms with Crippen molar-refractivity contribution in [1.29, 1.82) is 0 Å². The lowest BCUT2D eigenvalue weighted by molar-refractivity contribution is 0.101. The minimum Gasteiger partial charge on any atom is -0.495 e. The largest absolute Gasteiger partial charge is 0.495 e. The van der Waals surface area contributed by atoms with Gasteiger partial charge in [-0.05, 0) is 60.7 Å². The fraction of sp³-hybridized carbons (Fsp3) is 0.0370. The van der Waals surface area contributed by atoms with E-state index < -0.39 is 0 Å². The molecule has 4 rings (SSSR count). The van der Waals surface area contributed by atoms with Crippen molar-refractivity contribution < 1.29 is 19.1 Å². The van der Waals surface area contributed by atoms with Crippen LogP contribution in [0.3, 0.4) is 0 Å². The van der Waals surface area contributed by atoms with Gasteiger partial charge in [-0.3, -0.25) is 9.59 Å². The Labute approximate surface area is 191 Å². The zero-order valence-electron chi connectivity index (χ0n) is 17.9. The summed E-state index contributed by atoms with van der Waals surface area (Å²) in [5.41, 5.74) is 1.99. The first-order valence-corrected chi connectivity index (χ1v) is 10.3. The summed E-state index contributed by atoms with van der Waals surface area (Å²) < 4.78 is 11.1. The number of carbonyl (C=O) groups is 2. The van der Waals surface area contributed by atoms with Crippen LogP contribution in [0, 0.1) is 0 Å². The lowest BCUT2D eigenvalue weighted by Gasteiger charge is -2.12. The summed E-state index contributed by atoms with van der Waals surface area (Å²) in [6.45, 7) is 0. The molecule has 0 heterocycles. The normalized spacial score (nSPS) is 10.2. The average Bonchev–Trinajstić information content (AvgIpc) is 2.85. The minimum atomic E-state index is -0.312. The lowest BCUT2D eigenvalue weighted by Crippen LogP contribution is -2.14. The molecule has 0 aromatic heterocycles. The Morgan fingerprint density at radius 3 is 2.00 bits per heavy atom. The van der Waals surface area contributed by atoms with Crippen LogP contribution in [0.4, 0.5) is 11.4 Å². The van der Waals surface area contributed by atoms with Gasteiger partial charge in [0.05, 0.1) is 18.4 Å². The van der Waals surface area contributed by atoms with Crippen molar-refractivity contribution in [2.75, 3.05) is 17.7 Å². The summed E-state index contributed by atoms with van der Waals surface area (Å²) in [7, 11) is 1.55. The molecule has 0 spiro atoms. The average molecular weight is 438 g/mol. The highest BCUT2D eigenvalue weighted by atomic mass is 16.5. The minimum absolute atomic E-state index is 0.279. The fourth-order valence-electron chi connectivity index (χ4n) is 3.20. The van der Waals surface area contributed by atoms with E-state index in [4.69, 9.17) is 9.47 Å². The van der Waals surface area contributed by atoms with E-state index in [0.717, 1.165) is 0 Å². The Morgan fingerprint density at radius 2 is 1.27 bits per heavy atom. The predicted molar refractivity (Wildman–Crippen MR) is 128 cm³/mol. The standard InChI is InChI=1S/C27H22N2O4/c1-32-25-14-8-6-12-23(25)29-26(30)19-15-17-20(18-16-19)28-27(31)22-11-5-7-13-24(22)33-21-9-3-2-4-10-21/h2-18H,1H3,(H,28,31)(H,29,30). The smallest absolute Gasteiger partial charge is 0.259 e. The van der Waals surface area contributed by atoms with Crippen molar-refractivity contribution in [2.24, 2.45) is 0 Å². The van der Waals surface area contributed by atoms with Gasteiger partial charge in [-0.15, -0.1) is 0 Å². The van der Waals surface area contributed by atoms with Gasteiger partial charge in [-0.2, -0.15) is 0 Å². The monoisotopic (exact) mass is 438 g/mol. The fourth-order valence-corrected chi connectivity index (χ4v) is 3.20. The number of carbonyl (C=O) groups excluding carboxylic acids is 2. The molecule has 0 aliphatic heterocycles. The van der Waals surface area contributed by atoms with E-state index in [1.54, 1.807) is 61.7 Å². The second kappa shape index (κ2) is 10.2. The predicted octanol–water partition coefficient (Wildman–Crippen LogP) is 5.99. The maximum atomic E-state index is 12.9. The quantitative estimate of drug-likeness (QED) is 0.371. The zero-order chi connectivity index (χ0) is 23.0. The second-order valence-electron chi connectivity index (χ2n) is 7.10. The molecule has 0 aliphatic carbocycles. The Bertz CT molecular complexity index is 1250. The van der Waals surface area contributed by atoms with Crippen LogP contribution in [0.2, 0.25) is 0 Å². The number of nitrogens with one attached hydrogen (secondary N) is 2. The maximum absolute atomic E-state index is 12.9. The number of methoxy groups -OCH3 is 1. The summed E-state index contributed by atoms with van der Waals surface area (Å²) >= 11 is 0. The van der Waals surface area contributed by atoms with Crippen molar-refractivity contribution in [1.82, 2.24) is 0 Å². The molecule has 2 N–H and O–H groups in total. The highest BCUT2D eigenvalue weighted by Crippen LogP contribution is 2.26. The number of rotatable bonds is 7. The Kier molecular flexibility index (Phi) is 6.66. The molecule has 2 amide bonds. The summed E-state index contributed by atoms with van der Waals surface area (Å²) in [6, 6.07) is 30.1. The Morgan fingerprint density at radius 1 is 0.636 bits per heavy atom. The van der Waals surface area contributed by atoms with Gasteiger partial charge in [0.2, 0.25) is 0 Å². The van der Waals surface area contributed by atoms with Crippen LogP contribution in [-0.4, -0.2) is 18.9 Å². The third-order valence-electron chi connectivity index (χ3n) is 4.86. The number of anilines is 2. The molecule has 0 atom stereocenters. The van der Waals surface area contributed by atoms with Crippen LogP contribution in [0.15, 0.2) is 103 Å².